The van der Waals surface area contributed by atoms with Gasteiger partial charge >= 0.3 is 11.9 Å². The Morgan fingerprint density at radius 2 is 1.51 bits per heavy atom. The highest BCUT2D eigenvalue weighted by atomic mass is 19.1. The first kappa shape index (κ1) is 63.4. The number of nitrogens with zero attached hydrogens (tertiary/aromatic N) is 3. The van der Waals surface area contributed by atoms with Gasteiger partial charge in [0.15, 0.2) is 0 Å². The summed E-state index contributed by atoms with van der Waals surface area (Å²) in [5.74, 6) is -11.6. The molecule has 0 aliphatic carbocycles. The number of halogens is 2. The number of aliphatic hydroxyl groups excluding tert-OH is 3. The Balaban J connectivity index is 1.66. The Labute approximate surface area is 452 Å². The standard InChI is InChI=1S/C52H68F2N10O15/c1-28(57-41(68)26-64-42(69)14-15-43(64)70)47(74)58-29(2)48(75)61-37(23-39(55)66)50(77)60-35(49(76)56-19-17-40(67)59-36(51(78)79)13-16-45(72)73)18-20-63(44(71)27-65)46(52(3,4)5)38-21-31(33-22-32(53)11-12-34(33)54)25-62(38)24-30-9-7-6-8-10-30/h6-12,14-15,21-22,25,28-29,35-37,42,46,48,61,65,69,75H,13,16-20,23-24,26-27H2,1-5H3,(H2,55,66)(H,56,76)(H,57,68)(H,58,74)(H,59,67)(H,60,77)(H,72,73)(H,78,79)/t28-,29-,35-,36-,37-,42?,46?,48?/m0/s1. The number of benzene rings is 2. The van der Waals surface area contributed by atoms with E-state index in [0.717, 1.165) is 40.8 Å². The van der Waals surface area contributed by atoms with Crippen molar-refractivity contribution in [1.29, 1.82) is 0 Å². The van der Waals surface area contributed by atoms with Gasteiger partial charge in [0.2, 0.25) is 47.3 Å². The maximum atomic E-state index is 15.4. The van der Waals surface area contributed by atoms with E-state index in [9.17, 15) is 72.8 Å². The fourth-order valence-electron chi connectivity index (χ4n) is 8.51. The molecule has 4 rings (SSSR count). The molecule has 0 saturated carbocycles. The number of hydrogen-bond donors (Lipinski definition) is 12. The van der Waals surface area contributed by atoms with E-state index in [4.69, 9.17) is 10.8 Å². The number of amides is 8. The average Bonchev–Trinajstić information content (AvgIpc) is 4.03. The number of nitrogens with one attached hydrogen (secondary N) is 6. The molecule has 8 atom stereocenters. The van der Waals surface area contributed by atoms with E-state index in [1.807, 2.05) is 12.1 Å². The molecule has 8 amide bonds. The molecule has 25 nitrogen and oxygen atoms in total. The number of carbonyl (C=O) groups is 10. The first-order valence-electron chi connectivity index (χ1n) is 25.0. The van der Waals surface area contributed by atoms with Gasteiger partial charge in [0.1, 0.15) is 55.4 Å². The van der Waals surface area contributed by atoms with E-state index in [0.29, 0.717) is 5.69 Å². The van der Waals surface area contributed by atoms with Crippen molar-refractivity contribution < 1.29 is 82.3 Å². The van der Waals surface area contributed by atoms with Crippen LogP contribution in [-0.2, 0) is 54.5 Å². The summed E-state index contributed by atoms with van der Waals surface area (Å²) in [7, 11) is 0. The van der Waals surface area contributed by atoms with Gasteiger partial charge in [-0.25, -0.2) is 13.6 Å². The van der Waals surface area contributed by atoms with Crippen LogP contribution >= 0.6 is 0 Å². The summed E-state index contributed by atoms with van der Waals surface area (Å²) >= 11 is 0. The number of carbonyl (C=O) groups excluding carboxylic acids is 8. The van der Waals surface area contributed by atoms with E-state index in [1.54, 1.807) is 55.8 Å². The van der Waals surface area contributed by atoms with E-state index >= 15 is 4.39 Å². The zero-order chi connectivity index (χ0) is 58.9. The predicted molar refractivity (Wildman–Crippen MR) is 276 cm³/mol. The number of aromatic nitrogens is 1. The summed E-state index contributed by atoms with van der Waals surface area (Å²) in [4.78, 5) is 130. The number of carboxylic acids is 2. The lowest BCUT2D eigenvalue weighted by atomic mass is 9.82. The SMILES string of the molecule is C[C@H](NC(=O)CN1C(=O)C=CC1O)C(=O)N[C@@H](C)C(O)N[C@@H](CC(N)=O)C(=O)N[C@@H](CCN(C(=O)CO)C(c1cc(-c2cc(F)ccc2F)cn1Cc1ccccc1)C(C)(C)C)C(=O)NCCC(=O)N[C@@H](CCC(=O)O)C(=O)O. The second kappa shape index (κ2) is 29.0. The molecule has 1 aliphatic heterocycles. The molecule has 1 aromatic heterocycles. The van der Waals surface area contributed by atoms with Crippen molar-refractivity contribution in [2.75, 3.05) is 26.2 Å². The van der Waals surface area contributed by atoms with Crippen LogP contribution in [0.25, 0.3) is 11.1 Å². The molecule has 27 heteroatoms. The van der Waals surface area contributed by atoms with Crippen LogP contribution in [0.4, 0.5) is 8.78 Å². The molecule has 430 valence electrons. The van der Waals surface area contributed by atoms with Gasteiger partial charge in [0, 0.05) is 61.6 Å². The highest BCUT2D eigenvalue weighted by Gasteiger charge is 2.39. The van der Waals surface area contributed by atoms with Gasteiger partial charge in [-0.05, 0) is 68.0 Å². The lowest BCUT2D eigenvalue weighted by molar-refractivity contribution is -0.143. The van der Waals surface area contributed by atoms with Crippen molar-refractivity contribution in [2.24, 2.45) is 11.1 Å². The van der Waals surface area contributed by atoms with Gasteiger partial charge in [-0.1, -0.05) is 51.1 Å². The normalized spacial score (nSPS) is 15.8. The van der Waals surface area contributed by atoms with Crippen LogP contribution in [0.5, 0.6) is 0 Å². The van der Waals surface area contributed by atoms with Crippen LogP contribution in [-0.4, -0.2) is 168 Å². The van der Waals surface area contributed by atoms with Crippen LogP contribution in [0.1, 0.15) is 84.0 Å². The van der Waals surface area contributed by atoms with Crippen molar-refractivity contribution in [1.82, 2.24) is 46.3 Å². The average molecular weight is 1110 g/mol. The Morgan fingerprint density at radius 1 is 0.823 bits per heavy atom. The zero-order valence-electron chi connectivity index (χ0n) is 44.1. The largest absolute Gasteiger partial charge is 0.481 e. The van der Waals surface area contributed by atoms with Crippen molar-refractivity contribution >= 4 is 59.2 Å². The number of aliphatic hydroxyl groups is 3. The first-order chi connectivity index (χ1) is 37.1. The summed E-state index contributed by atoms with van der Waals surface area (Å²) < 4.78 is 31.7. The molecule has 0 radical (unpaired) electrons. The summed E-state index contributed by atoms with van der Waals surface area (Å²) in [6.07, 6.45) is -2.29. The van der Waals surface area contributed by atoms with Crippen molar-refractivity contribution in [2.45, 2.75) is 122 Å². The van der Waals surface area contributed by atoms with Gasteiger partial charge in [-0.3, -0.25) is 48.5 Å². The number of rotatable bonds is 30. The van der Waals surface area contributed by atoms with Crippen LogP contribution in [0.15, 0.2) is 72.9 Å². The topological polar surface area (TPSA) is 381 Å². The number of carboxylic acid groups (broad SMARTS) is 2. The monoisotopic (exact) mass is 1110 g/mol. The Kier molecular flexibility index (Phi) is 23.3. The summed E-state index contributed by atoms with van der Waals surface area (Å²) in [5, 5.41) is 64.4. The van der Waals surface area contributed by atoms with Crippen molar-refractivity contribution in [3.05, 3.63) is 95.8 Å². The van der Waals surface area contributed by atoms with E-state index < -0.39 is 183 Å². The van der Waals surface area contributed by atoms with E-state index in [-0.39, 0.29) is 17.7 Å². The lowest BCUT2D eigenvalue weighted by Gasteiger charge is -2.41. The first-order valence-corrected chi connectivity index (χ1v) is 25.0. The lowest BCUT2D eigenvalue weighted by Crippen LogP contribution is -2.60. The minimum atomic E-state index is -1.84. The number of nitrogens with two attached hydrogens (primary N) is 1. The molecule has 13 N–H and O–H groups in total. The van der Waals surface area contributed by atoms with Gasteiger partial charge < -0.3 is 72.2 Å². The highest BCUT2D eigenvalue weighted by molar-refractivity contribution is 5.95. The molecule has 0 spiro atoms. The minimum Gasteiger partial charge on any atom is -0.481 e. The van der Waals surface area contributed by atoms with Gasteiger partial charge in [0.25, 0.3) is 0 Å². The summed E-state index contributed by atoms with van der Waals surface area (Å²) in [5.41, 5.74) is 5.85. The smallest absolute Gasteiger partial charge is 0.326 e. The van der Waals surface area contributed by atoms with Crippen LogP contribution in [0.3, 0.4) is 0 Å². The number of hydrogen-bond acceptors (Lipinski definition) is 14. The molecule has 3 unspecified atom stereocenters. The maximum Gasteiger partial charge on any atom is 0.326 e. The molecule has 3 aromatic rings. The highest BCUT2D eigenvalue weighted by Crippen LogP contribution is 2.41. The van der Waals surface area contributed by atoms with Crippen molar-refractivity contribution in [3.63, 3.8) is 0 Å². The van der Waals surface area contributed by atoms with Crippen LogP contribution in [0, 0.1) is 17.0 Å². The van der Waals surface area contributed by atoms with Crippen LogP contribution < -0.4 is 37.6 Å². The summed E-state index contributed by atoms with van der Waals surface area (Å²) in [6, 6.07) is 4.91. The Bertz CT molecular complexity index is 2740. The number of aliphatic carboxylic acids is 2. The van der Waals surface area contributed by atoms with E-state index in [1.165, 1.54) is 18.7 Å². The number of primary amides is 1. The van der Waals surface area contributed by atoms with Gasteiger partial charge in [0.05, 0.1) is 24.5 Å². The van der Waals surface area contributed by atoms with Gasteiger partial charge in [-0.2, -0.15) is 0 Å². The molecule has 0 fully saturated rings. The molecular weight excluding hydrogens is 1040 g/mol. The summed E-state index contributed by atoms with van der Waals surface area (Å²) in [6.45, 7) is 5.42. The second-order valence-electron chi connectivity index (χ2n) is 19.8. The molecule has 0 bridgehead atoms. The maximum absolute atomic E-state index is 15.4. The van der Waals surface area contributed by atoms with Crippen LogP contribution in [0.2, 0.25) is 0 Å². The molecular formula is C52H68F2N10O15. The quantitative estimate of drug-likeness (QED) is 0.0359. The zero-order valence-corrected chi connectivity index (χ0v) is 44.1. The molecule has 2 aromatic carbocycles. The third-order valence-corrected chi connectivity index (χ3v) is 12.5. The fraction of sp³-hybridized carbons (Fsp3) is 0.462. The second-order valence-corrected chi connectivity index (χ2v) is 19.8. The molecule has 79 heavy (non-hydrogen) atoms. The third-order valence-electron chi connectivity index (χ3n) is 12.5. The van der Waals surface area contributed by atoms with E-state index in [2.05, 4.69) is 31.9 Å². The molecule has 0 saturated heterocycles. The van der Waals surface area contributed by atoms with Crippen molar-refractivity contribution in [3.8, 4) is 11.1 Å². The third kappa shape index (κ3) is 19.1. The Hall–Kier alpha value is -8.14. The predicted octanol–water partition coefficient (Wildman–Crippen LogP) is -0.917. The molecule has 1 aliphatic rings. The molecule has 2 heterocycles. The van der Waals surface area contributed by atoms with Gasteiger partial charge in [-0.15, -0.1) is 0 Å². The minimum absolute atomic E-state index is 0.0972. The Morgan fingerprint density at radius 3 is 2.10 bits per heavy atom. The fourth-order valence-corrected chi connectivity index (χ4v) is 8.51.